The summed E-state index contributed by atoms with van der Waals surface area (Å²) in [5.74, 6) is 2.57. The van der Waals surface area contributed by atoms with Crippen LogP contribution in [0.3, 0.4) is 0 Å². The van der Waals surface area contributed by atoms with Gasteiger partial charge in [-0.25, -0.2) is 0 Å². The van der Waals surface area contributed by atoms with Crippen molar-refractivity contribution in [3.63, 3.8) is 0 Å². The first-order valence-electron chi connectivity index (χ1n) is 10.7. The second-order valence-corrected chi connectivity index (χ2v) is 10.8. The summed E-state index contributed by atoms with van der Waals surface area (Å²) in [5, 5.41) is 8.83. The van der Waals surface area contributed by atoms with Crippen LogP contribution in [0.25, 0.3) is 10.8 Å². The zero-order chi connectivity index (χ0) is 20.2. The van der Waals surface area contributed by atoms with Crippen molar-refractivity contribution in [2.24, 2.45) is 23.2 Å². The molecule has 1 atom stereocenters. The maximum atomic E-state index is 13.0. The van der Waals surface area contributed by atoms with Crippen molar-refractivity contribution in [1.82, 2.24) is 10.6 Å². The molecule has 2 aromatic rings. The van der Waals surface area contributed by atoms with Crippen LogP contribution in [0.15, 0.2) is 40.9 Å². The summed E-state index contributed by atoms with van der Waals surface area (Å²) in [6.07, 6.45) is 8.26. The number of hydrogen-bond acceptors (Lipinski definition) is 2. The van der Waals surface area contributed by atoms with Gasteiger partial charge in [-0.15, -0.1) is 0 Å². The van der Waals surface area contributed by atoms with Gasteiger partial charge in [0.05, 0.1) is 0 Å². The van der Waals surface area contributed by atoms with Crippen LogP contribution in [0.5, 0.6) is 0 Å². The molecule has 5 heteroatoms. The quantitative estimate of drug-likeness (QED) is 0.555. The molecule has 0 aromatic heterocycles. The molecular formula is C24H27BrN2OS. The largest absolute Gasteiger partial charge is 0.359 e. The molecule has 0 radical (unpaired) electrons. The van der Waals surface area contributed by atoms with Gasteiger partial charge in [0.25, 0.3) is 5.91 Å². The van der Waals surface area contributed by atoms with E-state index >= 15 is 0 Å². The summed E-state index contributed by atoms with van der Waals surface area (Å²) in [6.45, 7) is 2.26. The molecule has 2 N–H and O–H groups in total. The average Bonchev–Trinajstić information content (AvgIpc) is 2.66. The van der Waals surface area contributed by atoms with E-state index in [1.54, 1.807) is 0 Å². The molecule has 29 heavy (non-hydrogen) atoms. The number of thiocarbonyl (C=S) groups is 1. The number of hydrogen-bond donors (Lipinski definition) is 2. The van der Waals surface area contributed by atoms with E-state index in [1.807, 2.05) is 36.4 Å². The van der Waals surface area contributed by atoms with Crippen LogP contribution >= 0.6 is 28.1 Å². The Morgan fingerprint density at radius 1 is 1.03 bits per heavy atom. The molecule has 3 nitrogen and oxygen atoms in total. The van der Waals surface area contributed by atoms with Crippen LogP contribution in [0.4, 0.5) is 0 Å². The average molecular weight is 471 g/mol. The summed E-state index contributed by atoms with van der Waals surface area (Å²) in [7, 11) is 0. The molecule has 0 saturated heterocycles. The van der Waals surface area contributed by atoms with Crippen LogP contribution in [-0.2, 0) is 0 Å². The van der Waals surface area contributed by atoms with Crippen molar-refractivity contribution in [3.05, 3.63) is 46.4 Å². The summed E-state index contributed by atoms with van der Waals surface area (Å²) in [4.78, 5) is 13.0. The summed E-state index contributed by atoms with van der Waals surface area (Å²) < 4.78 is 0.987. The maximum Gasteiger partial charge on any atom is 0.258 e. The predicted octanol–water partition coefficient (Wildman–Crippen LogP) is 5.81. The fraction of sp³-hybridized carbons (Fsp3) is 0.500. The second-order valence-electron chi connectivity index (χ2n) is 9.57. The Labute approximate surface area is 186 Å². The smallest absolute Gasteiger partial charge is 0.258 e. The number of fused-ring (bicyclic) bond motifs is 1. The number of amides is 1. The lowest BCUT2D eigenvalue weighted by atomic mass is 9.48. The minimum atomic E-state index is -0.149. The molecule has 0 unspecified atom stereocenters. The number of carbonyl (C=O) groups excluding carboxylic acids is 1. The highest BCUT2D eigenvalue weighted by atomic mass is 79.9. The standard InChI is InChI=1S/C24H27BrN2OS/c1-14(24-11-15-8-16(12-24)10-17(9-15)13-24)26-23(29)27-22(28)20-6-2-5-19-18(20)4-3-7-21(19)25/h2-7,14-17H,8-13H2,1H3,(H2,26,27,28,29)/t14-,15?,16?,17?,24?/m1/s1. The van der Waals surface area contributed by atoms with Gasteiger partial charge in [0.1, 0.15) is 0 Å². The molecule has 0 aliphatic heterocycles. The molecule has 6 rings (SSSR count). The first-order valence-corrected chi connectivity index (χ1v) is 11.9. The maximum absolute atomic E-state index is 13.0. The molecule has 4 aliphatic rings. The summed E-state index contributed by atoms with van der Waals surface area (Å²) >= 11 is 9.13. The van der Waals surface area contributed by atoms with Gasteiger partial charge in [-0.2, -0.15) is 0 Å². The molecule has 0 spiro atoms. The lowest BCUT2D eigenvalue weighted by Gasteiger charge is -2.59. The van der Waals surface area contributed by atoms with Gasteiger partial charge in [-0.3, -0.25) is 10.1 Å². The Bertz CT molecular complexity index is 953. The Morgan fingerprint density at radius 3 is 2.28 bits per heavy atom. The number of rotatable bonds is 3. The Morgan fingerprint density at radius 2 is 1.62 bits per heavy atom. The molecule has 1 amide bonds. The molecule has 2 aromatic carbocycles. The van der Waals surface area contributed by atoms with Gasteiger partial charge in [0, 0.05) is 16.1 Å². The minimum Gasteiger partial charge on any atom is -0.359 e. The normalized spacial score (nSPS) is 30.9. The Balaban J connectivity index is 1.29. The van der Waals surface area contributed by atoms with E-state index in [0.29, 0.717) is 22.1 Å². The van der Waals surface area contributed by atoms with E-state index in [-0.39, 0.29) is 5.91 Å². The summed E-state index contributed by atoms with van der Waals surface area (Å²) in [5.41, 5.74) is 1.00. The van der Waals surface area contributed by atoms with Crippen molar-refractivity contribution in [2.75, 3.05) is 0 Å². The van der Waals surface area contributed by atoms with Gasteiger partial charge in [0.15, 0.2) is 5.11 Å². The molecule has 4 aliphatic carbocycles. The molecular weight excluding hydrogens is 444 g/mol. The van der Waals surface area contributed by atoms with Gasteiger partial charge in [-0.1, -0.05) is 40.2 Å². The predicted molar refractivity (Wildman–Crippen MR) is 125 cm³/mol. The van der Waals surface area contributed by atoms with E-state index in [0.717, 1.165) is 33.0 Å². The lowest BCUT2D eigenvalue weighted by Crippen LogP contribution is -2.57. The molecule has 4 saturated carbocycles. The van der Waals surface area contributed by atoms with Gasteiger partial charge < -0.3 is 5.32 Å². The van der Waals surface area contributed by atoms with E-state index < -0.39 is 0 Å². The highest BCUT2D eigenvalue weighted by Crippen LogP contribution is 2.61. The first kappa shape index (κ1) is 19.5. The third-order valence-corrected chi connectivity index (χ3v) is 8.60. The van der Waals surface area contributed by atoms with E-state index in [1.165, 1.54) is 38.5 Å². The van der Waals surface area contributed by atoms with Gasteiger partial charge in [0.2, 0.25) is 0 Å². The van der Waals surface area contributed by atoms with Crippen LogP contribution in [0.1, 0.15) is 55.8 Å². The van der Waals surface area contributed by atoms with Gasteiger partial charge >= 0.3 is 0 Å². The van der Waals surface area contributed by atoms with Crippen molar-refractivity contribution < 1.29 is 4.79 Å². The van der Waals surface area contributed by atoms with Crippen LogP contribution in [0, 0.1) is 23.2 Å². The summed E-state index contributed by atoms with van der Waals surface area (Å²) in [6, 6.07) is 12.0. The topological polar surface area (TPSA) is 41.1 Å². The zero-order valence-electron chi connectivity index (χ0n) is 16.7. The monoisotopic (exact) mass is 470 g/mol. The van der Waals surface area contributed by atoms with Crippen LogP contribution in [-0.4, -0.2) is 17.1 Å². The SMILES string of the molecule is C[C@@H](NC(=S)NC(=O)c1cccc2c(Br)cccc12)C12CC3CC(CC(C3)C1)C2. The minimum absolute atomic E-state index is 0.149. The molecule has 4 bridgehead atoms. The van der Waals surface area contributed by atoms with Crippen molar-refractivity contribution in [1.29, 1.82) is 0 Å². The number of benzene rings is 2. The number of halogens is 1. The number of nitrogens with one attached hydrogen (secondary N) is 2. The third-order valence-electron chi connectivity index (χ3n) is 7.69. The van der Waals surface area contributed by atoms with E-state index in [9.17, 15) is 4.79 Å². The van der Waals surface area contributed by atoms with Crippen molar-refractivity contribution in [3.8, 4) is 0 Å². The molecule has 152 valence electrons. The highest BCUT2D eigenvalue weighted by molar-refractivity contribution is 9.10. The number of carbonyl (C=O) groups is 1. The van der Waals surface area contributed by atoms with Crippen molar-refractivity contribution >= 4 is 49.9 Å². The second kappa shape index (κ2) is 7.35. The Kier molecular flexibility index (Phi) is 4.94. The zero-order valence-corrected chi connectivity index (χ0v) is 19.1. The lowest BCUT2D eigenvalue weighted by molar-refractivity contribution is -0.0672. The molecule has 4 fully saturated rings. The first-order chi connectivity index (χ1) is 13.9. The highest BCUT2D eigenvalue weighted by Gasteiger charge is 2.53. The van der Waals surface area contributed by atoms with E-state index in [4.69, 9.17) is 12.2 Å². The molecule has 0 heterocycles. The fourth-order valence-electron chi connectivity index (χ4n) is 6.73. The van der Waals surface area contributed by atoms with E-state index in [2.05, 4.69) is 33.5 Å². The fourth-order valence-corrected chi connectivity index (χ4v) is 7.50. The Hall–Kier alpha value is -1.46. The third kappa shape index (κ3) is 3.50. The van der Waals surface area contributed by atoms with Crippen LogP contribution in [0.2, 0.25) is 0 Å². The van der Waals surface area contributed by atoms with Gasteiger partial charge in [-0.05, 0) is 104 Å². The van der Waals surface area contributed by atoms with Crippen molar-refractivity contribution in [2.45, 2.75) is 51.5 Å². The van der Waals surface area contributed by atoms with Crippen LogP contribution < -0.4 is 10.6 Å².